The van der Waals surface area contributed by atoms with Gasteiger partial charge in [0.15, 0.2) is 5.13 Å². The van der Waals surface area contributed by atoms with Gasteiger partial charge in [0.1, 0.15) is 5.75 Å². The van der Waals surface area contributed by atoms with Crippen LogP contribution in [-0.2, 0) is 6.54 Å². The Morgan fingerprint density at radius 1 is 1.14 bits per heavy atom. The van der Waals surface area contributed by atoms with Crippen LogP contribution in [0.3, 0.4) is 0 Å². The van der Waals surface area contributed by atoms with Crippen molar-refractivity contribution in [3.63, 3.8) is 0 Å². The average molecular weight is 404 g/mol. The van der Waals surface area contributed by atoms with Gasteiger partial charge in [-0.05, 0) is 42.8 Å². The standard InChI is InChI=1S/C22H20N4O2S/c1-2-28-20-7-4-3-6-18(20)19-15-29-22(24-19)25-21(27)17-10-8-16(9-11-17)14-26-13-5-12-23-26/h3-13,15H,2,14H2,1H3,(H,24,25,27). The van der Waals surface area contributed by atoms with Crippen molar-refractivity contribution in [1.29, 1.82) is 0 Å². The minimum atomic E-state index is -0.186. The van der Waals surface area contributed by atoms with E-state index in [-0.39, 0.29) is 5.91 Å². The molecule has 0 saturated heterocycles. The van der Waals surface area contributed by atoms with Gasteiger partial charge >= 0.3 is 0 Å². The lowest BCUT2D eigenvalue weighted by Crippen LogP contribution is -2.11. The number of anilines is 1. The van der Waals surface area contributed by atoms with Gasteiger partial charge in [-0.2, -0.15) is 5.10 Å². The molecule has 7 heteroatoms. The summed E-state index contributed by atoms with van der Waals surface area (Å²) < 4.78 is 7.51. The number of nitrogens with zero attached hydrogens (tertiary/aromatic N) is 3. The summed E-state index contributed by atoms with van der Waals surface area (Å²) in [6, 6.07) is 17.1. The van der Waals surface area contributed by atoms with E-state index in [1.165, 1.54) is 11.3 Å². The number of thiazole rings is 1. The lowest BCUT2D eigenvalue weighted by molar-refractivity contribution is 0.102. The maximum Gasteiger partial charge on any atom is 0.257 e. The van der Waals surface area contributed by atoms with Crippen LogP contribution in [-0.4, -0.2) is 27.3 Å². The van der Waals surface area contributed by atoms with E-state index >= 15 is 0 Å². The summed E-state index contributed by atoms with van der Waals surface area (Å²) in [4.78, 5) is 17.1. The van der Waals surface area contributed by atoms with Gasteiger partial charge in [0, 0.05) is 28.9 Å². The fourth-order valence-corrected chi connectivity index (χ4v) is 3.63. The van der Waals surface area contributed by atoms with Crippen molar-refractivity contribution in [3.05, 3.63) is 83.5 Å². The van der Waals surface area contributed by atoms with Gasteiger partial charge in [0.25, 0.3) is 5.91 Å². The molecule has 0 spiro atoms. The number of amides is 1. The Hall–Kier alpha value is -3.45. The van der Waals surface area contributed by atoms with E-state index in [9.17, 15) is 4.79 Å². The molecule has 29 heavy (non-hydrogen) atoms. The molecule has 0 saturated carbocycles. The zero-order chi connectivity index (χ0) is 20.1. The molecule has 2 aromatic carbocycles. The van der Waals surface area contributed by atoms with E-state index in [1.54, 1.807) is 6.20 Å². The highest BCUT2D eigenvalue weighted by Gasteiger charge is 2.12. The van der Waals surface area contributed by atoms with E-state index in [4.69, 9.17) is 4.74 Å². The minimum Gasteiger partial charge on any atom is -0.493 e. The van der Waals surface area contributed by atoms with Gasteiger partial charge in [-0.25, -0.2) is 4.98 Å². The first kappa shape index (κ1) is 18.9. The average Bonchev–Trinajstić information content (AvgIpc) is 3.41. The van der Waals surface area contributed by atoms with Gasteiger partial charge in [0.05, 0.1) is 18.8 Å². The van der Waals surface area contributed by atoms with Crippen LogP contribution >= 0.6 is 11.3 Å². The summed E-state index contributed by atoms with van der Waals surface area (Å²) in [6.45, 7) is 3.20. The molecular formula is C22H20N4O2S. The molecule has 1 N–H and O–H groups in total. The molecule has 4 aromatic rings. The highest BCUT2D eigenvalue weighted by atomic mass is 32.1. The monoisotopic (exact) mass is 404 g/mol. The maximum atomic E-state index is 12.6. The number of aromatic nitrogens is 3. The molecule has 0 aliphatic heterocycles. The highest BCUT2D eigenvalue weighted by molar-refractivity contribution is 7.14. The number of hydrogen-bond acceptors (Lipinski definition) is 5. The summed E-state index contributed by atoms with van der Waals surface area (Å²) in [7, 11) is 0. The molecule has 0 aliphatic carbocycles. The van der Waals surface area contributed by atoms with Gasteiger partial charge < -0.3 is 4.74 Å². The summed E-state index contributed by atoms with van der Waals surface area (Å²) >= 11 is 1.39. The quantitative estimate of drug-likeness (QED) is 0.484. The Bertz CT molecular complexity index is 1090. The van der Waals surface area contributed by atoms with E-state index in [0.29, 0.717) is 23.8 Å². The molecule has 2 aromatic heterocycles. The number of rotatable bonds is 7. The second-order valence-corrected chi connectivity index (χ2v) is 7.18. The number of carbonyl (C=O) groups is 1. The molecule has 0 atom stereocenters. The van der Waals surface area contributed by atoms with E-state index < -0.39 is 0 Å². The van der Waals surface area contributed by atoms with Crippen LogP contribution in [0.1, 0.15) is 22.8 Å². The second kappa shape index (κ2) is 8.70. The molecule has 0 aliphatic rings. The predicted octanol–water partition coefficient (Wildman–Crippen LogP) is 4.71. The molecule has 2 heterocycles. The summed E-state index contributed by atoms with van der Waals surface area (Å²) in [5, 5.41) is 9.54. The normalized spacial score (nSPS) is 10.7. The second-order valence-electron chi connectivity index (χ2n) is 6.32. The smallest absolute Gasteiger partial charge is 0.257 e. The molecule has 1 amide bonds. The van der Waals surface area contributed by atoms with Crippen molar-refractivity contribution in [2.45, 2.75) is 13.5 Å². The number of carbonyl (C=O) groups excluding carboxylic acids is 1. The van der Waals surface area contributed by atoms with Crippen molar-refractivity contribution >= 4 is 22.4 Å². The van der Waals surface area contributed by atoms with Crippen molar-refractivity contribution < 1.29 is 9.53 Å². The zero-order valence-electron chi connectivity index (χ0n) is 15.9. The Morgan fingerprint density at radius 3 is 2.72 bits per heavy atom. The predicted molar refractivity (Wildman–Crippen MR) is 114 cm³/mol. The Kier molecular flexibility index (Phi) is 5.67. The van der Waals surface area contributed by atoms with Gasteiger partial charge in [0.2, 0.25) is 0 Å². The largest absolute Gasteiger partial charge is 0.493 e. The van der Waals surface area contributed by atoms with Crippen LogP contribution in [0.4, 0.5) is 5.13 Å². The summed E-state index contributed by atoms with van der Waals surface area (Å²) in [5.41, 5.74) is 3.35. The Labute approximate surface area is 172 Å². The van der Waals surface area contributed by atoms with E-state index in [0.717, 1.165) is 22.6 Å². The fourth-order valence-electron chi connectivity index (χ4n) is 2.93. The van der Waals surface area contributed by atoms with Gasteiger partial charge in [-0.3, -0.25) is 14.8 Å². The van der Waals surface area contributed by atoms with Crippen LogP contribution in [0.15, 0.2) is 72.4 Å². The Balaban J connectivity index is 1.44. The summed E-state index contributed by atoms with van der Waals surface area (Å²) in [5.74, 6) is 0.598. The first-order valence-electron chi connectivity index (χ1n) is 9.28. The number of ether oxygens (including phenoxy) is 1. The maximum absolute atomic E-state index is 12.6. The SMILES string of the molecule is CCOc1ccccc1-c1csc(NC(=O)c2ccc(Cn3cccn3)cc2)n1. The number of para-hydroxylation sites is 1. The van der Waals surface area contributed by atoms with Crippen molar-refractivity contribution in [1.82, 2.24) is 14.8 Å². The van der Waals surface area contributed by atoms with Crippen LogP contribution in [0.5, 0.6) is 5.75 Å². The third kappa shape index (κ3) is 4.52. The van der Waals surface area contributed by atoms with Crippen LogP contribution < -0.4 is 10.1 Å². The molecule has 4 rings (SSSR count). The molecule has 6 nitrogen and oxygen atoms in total. The zero-order valence-corrected chi connectivity index (χ0v) is 16.7. The fraction of sp³-hybridized carbons (Fsp3) is 0.136. The Morgan fingerprint density at radius 2 is 1.97 bits per heavy atom. The molecule has 0 unspecified atom stereocenters. The molecule has 0 fully saturated rings. The number of benzene rings is 2. The lowest BCUT2D eigenvalue weighted by atomic mass is 10.1. The van der Waals surface area contributed by atoms with Gasteiger partial charge in [-0.15, -0.1) is 11.3 Å². The number of nitrogens with one attached hydrogen (secondary N) is 1. The van der Waals surface area contributed by atoms with Crippen molar-refractivity contribution in [3.8, 4) is 17.0 Å². The van der Waals surface area contributed by atoms with Crippen molar-refractivity contribution in [2.24, 2.45) is 0 Å². The molecule has 0 bridgehead atoms. The van der Waals surface area contributed by atoms with Gasteiger partial charge in [-0.1, -0.05) is 24.3 Å². The van der Waals surface area contributed by atoms with E-state index in [2.05, 4.69) is 15.4 Å². The third-order valence-corrected chi connectivity index (χ3v) is 5.07. The minimum absolute atomic E-state index is 0.186. The van der Waals surface area contributed by atoms with Crippen LogP contribution in [0.25, 0.3) is 11.3 Å². The molecular weight excluding hydrogens is 384 g/mol. The van der Waals surface area contributed by atoms with E-state index in [1.807, 2.05) is 77.8 Å². The van der Waals surface area contributed by atoms with Crippen LogP contribution in [0, 0.1) is 0 Å². The topological polar surface area (TPSA) is 69.0 Å². The first-order chi connectivity index (χ1) is 14.2. The highest BCUT2D eigenvalue weighted by Crippen LogP contribution is 2.32. The lowest BCUT2D eigenvalue weighted by Gasteiger charge is -2.07. The van der Waals surface area contributed by atoms with Crippen LogP contribution in [0.2, 0.25) is 0 Å². The third-order valence-electron chi connectivity index (χ3n) is 4.31. The molecule has 0 radical (unpaired) electrons. The number of hydrogen-bond donors (Lipinski definition) is 1. The molecule has 146 valence electrons. The first-order valence-corrected chi connectivity index (χ1v) is 10.2. The summed E-state index contributed by atoms with van der Waals surface area (Å²) in [6.07, 6.45) is 3.65. The van der Waals surface area contributed by atoms with Crippen molar-refractivity contribution in [2.75, 3.05) is 11.9 Å².